The summed E-state index contributed by atoms with van der Waals surface area (Å²) in [5.74, 6) is 1.36. The Hall–Kier alpha value is -1.59. The van der Waals surface area contributed by atoms with E-state index in [1.807, 2.05) is 17.0 Å². The molecular formula is C20H28N2O3. The number of hydrogen-bond acceptors (Lipinski definition) is 4. The average Bonchev–Trinajstić information content (AvgIpc) is 2.92. The molecule has 1 aromatic rings. The van der Waals surface area contributed by atoms with Gasteiger partial charge in [-0.2, -0.15) is 0 Å². The van der Waals surface area contributed by atoms with Crippen LogP contribution in [0.2, 0.25) is 0 Å². The van der Waals surface area contributed by atoms with Gasteiger partial charge in [-0.05, 0) is 56.6 Å². The van der Waals surface area contributed by atoms with Crippen molar-refractivity contribution in [1.82, 2.24) is 4.90 Å². The van der Waals surface area contributed by atoms with Crippen molar-refractivity contribution in [3.63, 3.8) is 0 Å². The number of para-hydroxylation sites is 1. The molecule has 1 saturated carbocycles. The second kappa shape index (κ2) is 6.96. The van der Waals surface area contributed by atoms with Gasteiger partial charge in [0, 0.05) is 12.1 Å². The van der Waals surface area contributed by atoms with Gasteiger partial charge in [0.2, 0.25) is 0 Å². The molecule has 3 heterocycles. The highest BCUT2D eigenvalue weighted by Crippen LogP contribution is 2.39. The van der Waals surface area contributed by atoms with Crippen LogP contribution in [0, 0.1) is 0 Å². The molecule has 5 nitrogen and oxygen atoms in total. The molecule has 2 bridgehead atoms. The van der Waals surface area contributed by atoms with Gasteiger partial charge in [-0.1, -0.05) is 18.2 Å². The Morgan fingerprint density at radius 1 is 1.16 bits per heavy atom. The van der Waals surface area contributed by atoms with Gasteiger partial charge in [0.1, 0.15) is 5.75 Å². The molecular weight excluding hydrogens is 316 g/mol. The molecule has 136 valence electrons. The highest BCUT2D eigenvalue weighted by Gasteiger charge is 2.41. The fourth-order valence-electron chi connectivity index (χ4n) is 4.77. The minimum atomic E-state index is -0.0418. The molecule has 1 saturated heterocycles. The van der Waals surface area contributed by atoms with E-state index in [0.29, 0.717) is 12.5 Å². The van der Waals surface area contributed by atoms with Gasteiger partial charge in [-0.15, -0.1) is 0 Å². The Labute approximate surface area is 149 Å². The number of ether oxygens (including phenoxy) is 2. The van der Waals surface area contributed by atoms with E-state index >= 15 is 0 Å². The van der Waals surface area contributed by atoms with Crippen LogP contribution in [0.1, 0.15) is 50.5 Å². The third-order valence-corrected chi connectivity index (χ3v) is 6.11. The summed E-state index contributed by atoms with van der Waals surface area (Å²) < 4.78 is 12.2. The van der Waals surface area contributed by atoms with Crippen molar-refractivity contribution in [2.75, 3.05) is 13.2 Å². The normalized spacial score (nSPS) is 35.8. The first kappa shape index (κ1) is 16.9. The number of rotatable bonds is 0. The molecule has 5 rings (SSSR count). The first-order valence-electron chi connectivity index (χ1n) is 9.53. The number of carbonyl (C=O) groups excluding carboxylic acids is 1. The van der Waals surface area contributed by atoms with Crippen molar-refractivity contribution < 1.29 is 14.3 Å². The van der Waals surface area contributed by atoms with E-state index in [0.717, 1.165) is 37.9 Å². The van der Waals surface area contributed by atoms with E-state index in [2.05, 4.69) is 19.1 Å². The van der Waals surface area contributed by atoms with Crippen LogP contribution in [0.5, 0.6) is 5.75 Å². The fraction of sp³-hybridized carbons (Fsp3) is 0.650. The summed E-state index contributed by atoms with van der Waals surface area (Å²) in [7, 11) is 0. The van der Waals surface area contributed by atoms with Gasteiger partial charge in [0.15, 0.2) is 6.61 Å². The van der Waals surface area contributed by atoms with Crippen LogP contribution in [-0.2, 0) is 9.53 Å². The van der Waals surface area contributed by atoms with E-state index < -0.39 is 0 Å². The summed E-state index contributed by atoms with van der Waals surface area (Å²) in [6.07, 6.45) is 5.44. The molecule has 0 spiro atoms. The van der Waals surface area contributed by atoms with Crippen LogP contribution in [0.25, 0.3) is 0 Å². The number of nitrogens with two attached hydrogens (primary N) is 1. The second-order valence-corrected chi connectivity index (χ2v) is 7.75. The molecule has 1 aliphatic carbocycles. The Bertz CT molecular complexity index is 627. The Morgan fingerprint density at radius 3 is 2.72 bits per heavy atom. The van der Waals surface area contributed by atoms with Crippen LogP contribution >= 0.6 is 0 Å². The second-order valence-electron chi connectivity index (χ2n) is 7.75. The number of carbonyl (C=O) groups is 1. The summed E-state index contributed by atoms with van der Waals surface area (Å²) in [6, 6.07) is 8.24. The van der Waals surface area contributed by atoms with Gasteiger partial charge in [-0.3, -0.25) is 4.79 Å². The summed E-state index contributed by atoms with van der Waals surface area (Å²) in [5, 5.41) is 0. The highest BCUT2D eigenvalue weighted by molar-refractivity contribution is 5.79. The smallest absolute Gasteiger partial charge is 0.261 e. The molecule has 0 unspecified atom stereocenters. The zero-order chi connectivity index (χ0) is 17.4. The Morgan fingerprint density at radius 2 is 1.92 bits per heavy atom. The molecule has 1 amide bonds. The minimum Gasteiger partial charge on any atom is -0.483 e. The molecule has 3 aliphatic heterocycles. The van der Waals surface area contributed by atoms with Crippen molar-refractivity contribution in [2.24, 2.45) is 5.73 Å². The molecule has 1 aromatic carbocycles. The fourth-order valence-corrected chi connectivity index (χ4v) is 4.77. The van der Waals surface area contributed by atoms with E-state index in [1.165, 1.54) is 5.56 Å². The molecule has 0 radical (unpaired) electrons. The van der Waals surface area contributed by atoms with E-state index in [4.69, 9.17) is 15.2 Å². The lowest BCUT2D eigenvalue weighted by molar-refractivity contribution is -0.138. The number of hydrogen-bond donors (Lipinski definition) is 1. The topological polar surface area (TPSA) is 64.8 Å². The summed E-state index contributed by atoms with van der Waals surface area (Å²) >= 11 is 0. The third-order valence-electron chi connectivity index (χ3n) is 6.11. The van der Waals surface area contributed by atoms with Crippen molar-refractivity contribution in [1.29, 1.82) is 0 Å². The monoisotopic (exact) mass is 344 g/mol. The predicted molar refractivity (Wildman–Crippen MR) is 95.6 cm³/mol. The summed E-state index contributed by atoms with van der Waals surface area (Å²) in [4.78, 5) is 14.7. The summed E-state index contributed by atoms with van der Waals surface area (Å²) in [6.45, 7) is 2.68. The van der Waals surface area contributed by atoms with Gasteiger partial charge in [-0.25, -0.2) is 0 Å². The lowest BCUT2D eigenvalue weighted by Gasteiger charge is -2.32. The van der Waals surface area contributed by atoms with Gasteiger partial charge in [0.25, 0.3) is 5.91 Å². The number of nitrogens with zero attached hydrogens (tertiary/aromatic N) is 1. The van der Waals surface area contributed by atoms with Crippen molar-refractivity contribution >= 4 is 5.91 Å². The maximum absolute atomic E-state index is 12.8. The molecule has 2 N–H and O–H groups in total. The SMILES string of the molecule is C[C@@H]1C[C@H](N)[C@@H]2CO[C@H]3CC[C@H](CC3)c3ccccc3OCC(=O)N12. The van der Waals surface area contributed by atoms with Crippen molar-refractivity contribution in [3.8, 4) is 5.75 Å². The molecule has 2 fully saturated rings. The van der Waals surface area contributed by atoms with Gasteiger partial charge < -0.3 is 20.1 Å². The largest absolute Gasteiger partial charge is 0.483 e. The van der Waals surface area contributed by atoms with E-state index in [9.17, 15) is 4.79 Å². The number of benzene rings is 1. The summed E-state index contributed by atoms with van der Waals surface area (Å²) in [5.41, 5.74) is 7.54. The molecule has 0 aromatic heterocycles. The standard InChI is InChI=1S/C20H28N2O3/c1-13-10-17(21)18-11-24-15-8-6-14(7-9-15)16-4-2-3-5-19(16)25-12-20(23)22(13)18/h2-5,13-15,17-18H,6-12,21H2,1H3/t13-,14-,15+,17+,18+/m1/s1. The molecule has 25 heavy (non-hydrogen) atoms. The third kappa shape index (κ3) is 3.27. The lowest BCUT2D eigenvalue weighted by Crippen LogP contribution is -2.49. The van der Waals surface area contributed by atoms with Gasteiger partial charge in [0.05, 0.1) is 18.8 Å². The molecule has 5 heteroatoms. The van der Waals surface area contributed by atoms with Crippen LogP contribution < -0.4 is 10.5 Å². The first-order valence-corrected chi connectivity index (χ1v) is 9.53. The van der Waals surface area contributed by atoms with Crippen LogP contribution in [0.3, 0.4) is 0 Å². The maximum Gasteiger partial charge on any atom is 0.261 e. The number of fused-ring (bicyclic) bond motifs is 5. The lowest BCUT2D eigenvalue weighted by atomic mass is 9.82. The Balaban J connectivity index is 1.63. The predicted octanol–water partition coefficient (Wildman–Crippen LogP) is 2.44. The minimum absolute atomic E-state index is 0.00967. The highest BCUT2D eigenvalue weighted by atomic mass is 16.5. The van der Waals surface area contributed by atoms with Gasteiger partial charge >= 0.3 is 0 Å². The number of amides is 1. The quantitative estimate of drug-likeness (QED) is 0.785. The van der Waals surface area contributed by atoms with Crippen LogP contribution in [0.4, 0.5) is 0 Å². The first-order chi connectivity index (χ1) is 12.1. The zero-order valence-corrected chi connectivity index (χ0v) is 14.9. The Kier molecular flexibility index (Phi) is 4.69. The van der Waals surface area contributed by atoms with E-state index in [1.54, 1.807) is 0 Å². The van der Waals surface area contributed by atoms with E-state index in [-0.39, 0.29) is 36.7 Å². The van der Waals surface area contributed by atoms with Crippen LogP contribution in [-0.4, -0.2) is 48.3 Å². The zero-order valence-electron chi connectivity index (χ0n) is 14.9. The van der Waals surface area contributed by atoms with Crippen LogP contribution in [0.15, 0.2) is 24.3 Å². The van der Waals surface area contributed by atoms with Crippen molar-refractivity contribution in [3.05, 3.63) is 29.8 Å². The van der Waals surface area contributed by atoms with Crippen molar-refractivity contribution in [2.45, 2.75) is 69.2 Å². The molecule has 4 aliphatic rings. The molecule has 3 atom stereocenters. The maximum atomic E-state index is 12.8. The average molecular weight is 344 g/mol.